The van der Waals surface area contributed by atoms with Crippen LogP contribution in [0.3, 0.4) is 0 Å². The highest BCUT2D eigenvalue weighted by Gasteiger charge is 2.26. The Balaban J connectivity index is 1.24. The van der Waals surface area contributed by atoms with Crippen molar-refractivity contribution in [1.29, 1.82) is 0 Å². The average Bonchev–Trinajstić information content (AvgIpc) is 3.00. The number of methoxy groups -OCH3 is 1. The van der Waals surface area contributed by atoms with E-state index in [2.05, 4.69) is 10.2 Å². The molecule has 1 aliphatic heterocycles. The highest BCUT2D eigenvalue weighted by atomic mass is 16.5. The molecular weight excluding hydrogens is 518 g/mol. The lowest BCUT2D eigenvalue weighted by molar-refractivity contribution is -0.142. The van der Waals surface area contributed by atoms with Gasteiger partial charge < -0.3 is 19.7 Å². The average molecular weight is 554 g/mol. The van der Waals surface area contributed by atoms with E-state index in [9.17, 15) is 9.59 Å². The Morgan fingerprint density at radius 3 is 2.32 bits per heavy atom. The molecule has 0 spiro atoms. The molecule has 4 aromatic rings. The molecule has 0 radical (unpaired) electrons. The number of rotatable bonds is 9. The number of benzene rings is 3. The summed E-state index contributed by atoms with van der Waals surface area (Å²) < 4.78 is 10.9. The molecule has 1 amide bonds. The zero-order valence-electron chi connectivity index (χ0n) is 23.6. The van der Waals surface area contributed by atoms with Gasteiger partial charge in [0.25, 0.3) is 5.91 Å². The first kappa shape index (κ1) is 28.0. The first-order valence-electron chi connectivity index (χ1n) is 13.9. The van der Waals surface area contributed by atoms with Crippen molar-refractivity contribution in [3.63, 3.8) is 0 Å². The zero-order valence-corrected chi connectivity index (χ0v) is 23.6. The third kappa shape index (κ3) is 6.81. The molecular formula is C32H35N5O4. The fraction of sp³-hybridized carbons (Fsp3) is 0.312. The first-order valence-corrected chi connectivity index (χ1v) is 13.9. The summed E-state index contributed by atoms with van der Waals surface area (Å²) >= 11 is 0. The molecule has 1 saturated heterocycles. The van der Waals surface area contributed by atoms with Crippen molar-refractivity contribution in [2.24, 2.45) is 5.92 Å². The van der Waals surface area contributed by atoms with Crippen LogP contribution in [0.1, 0.15) is 30.0 Å². The van der Waals surface area contributed by atoms with Gasteiger partial charge in [0, 0.05) is 37.1 Å². The molecule has 1 fully saturated rings. The van der Waals surface area contributed by atoms with Crippen molar-refractivity contribution >= 4 is 28.6 Å². The molecule has 9 heteroatoms. The maximum Gasteiger partial charge on any atom is 0.328 e. The van der Waals surface area contributed by atoms with Gasteiger partial charge in [-0.1, -0.05) is 50.2 Å². The normalized spacial score (nSPS) is 14.6. The van der Waals surface area contributed by atoms with Crippen LogP contribution in [0.15, 0.2) is 78.9 Å². The molecule has 1 aromatic heterocycles. The summed E-state index contributed by atoms with van der Waals surface area (Å²) in [7, 11) is 1.39. The number of hydrogen-bond acceptors (Lipinski definition) is 8. The molecule has 0 aliphatic carbocycles. The van der Waals surface area contributed by atoms with E-state index in [0.717, 1.165) is 16.7 Å². The predicted molar refractivity (Wildman–Crippen MR) is 158 cm³/mol. The van der Waals surface area contributed by atoms with E-state index in [1.54, 1.807) is 6.07 Å². The van der Waals surface area contributed by atoms with Gasteiger partial charge in [-0.15, -0.1) is 0 Å². The van der Waals surface area contributed by atoms with Crippen molar-refractivity contribution in [3.8, 4) is 11.5 Å². The number of amides is 1. The van der Waals surface area contributed by atoms with Crippen molar-refractivity contribution in [3.05, 3.63) is 90.3 Å². The number of nitrogens with one attached hydrogen (secondary N) is 1. The Labute approximate surface area is 240 Å². The molecule has 41 heavy (non-hydrogen) atoms. The molecule has 3 aromatic carbocycles. The highest BCUT2D eigenvalue weighted by Crippen LogP contribution is 2.25. The molecule has 1 aliphatic rings. The minimum atomic E-state index is -0.530. The lowest BCUT2D eigenvalue weighted by Gasteiger charge is -2.34. The quantitative estimate of drug-likeness (QED) is 0.290. The predicted octanol–water partition coefficient (Wildman–Crippen LogP) is 4.99. The number of hydrogen-bond donors (Lipinski definition) is 1. The minimum Gasteiger partial charge on any atom is -0.467 e. The third-order valence-corrected chi connectivity index (χ3v) is 7.15. The van der Waals surface area contributed by atoms with Crippen LogP contribution in [-0.4, -0.2) is 71.0 Å². The van der Waals surface area contributed by atoms with Gasteiger partial charge in [-0.05, 0) is 48.4 Å². The fourth-order valence-electron chi connectivity index (χ4n) is 4.89. The monoisotopic (exact) mass is 553 g/mol. The van der Waals surface area contributed by atoms with Gasteiger partial charge in [0.05, 0.1) is 19.2 Å². The van der Waals surface area contributed by atoms with Crippen LogP contribution in [0, 0.1) is 5.92 Å². The Morgan fingerprint density at radius 1 is 0.878 bits per heavy atom. The number of nitrogens with zero attached hydrogens (tertiary/aromatic N) is 4. The minimum absolute atomic E-state index is 0.0100. The number of anilines is 1. The summed E-state index contributed by atoms with van der Waals surface area (Å²) in [5.41, 5.74) is 1.41. The lowest BCUT2D eigenvalue weighted by Crippen LogP contribution is -2.48. The number of esters is 1. The molecule has 0 bridgehead atoms. The topological polar surface area (TPSA) is 96.9 Å². The molecule has 2 heterocycles. The van der Waals surface area contributed by atoms with Crippen LogP contribution in [0.5, 0.6) is 11.5 Å². The van der Waals surface area contributed by atoms with E-state index in [1.807, 2.05) is 91.5 Å². The Kier molecular flexibility index (Phi) is 8.74. The Bertz CT molecular complexity index is 1500. The second kappa shape index (κ2) is 12.8. The van der Waals surface area contributed by atoms with Gasteiger partial charge in [0.1, 0.15) is 29.2 Å². The molecule has 212 valence electrons. The summed E-state index contributed by atoms with van der Waals surface area (Å²) in [4.78, 5) is 39.4. The van der Waals surface area contributed by atoms with E-state index < -0.39 is 6.04 Å². The second-order valence-electron chi connectivity index (χ2n) is 10.4. The van der Waals surface area contributed by atoms with E-state index in [-0.39, 0.29) is 17.8 Å². The van der Waals surface area contributed by atoms with Crippen LogP contribution in [0.25, 0.3) is 10.9 Å². The van der Waals surface area contributed by atoms with E-state index in [1.165, 1.54) is 7.11 Å². The van der Waals surface area contributed by atoms with Gasteiger partial charge in [0.15, 0.2) is 0 Å². The molecule has 0 unspecified atom stereocenters. The van der Waals surface area contributed by atoms with Gasteiger partial charge in [0.2, 0.25) is 0 Å². The number of para-hydroxylation sites is 2. The van der Waals surface area contributed by atoms with Crippen LogP contribution in [-0.2, 0) is 16.1 Å². The number of ether oxygens (including phenoxy) is 2. The van der Waals surface area contributed by atoms with Crippen molar-refractivity contribution < 1.29 is 19.1 Å². The molecule has 1 atom stereocenters. The smallest absolute Gasteiger partial charge is 0.328 e. The van der Waals surface area contributed by atoms with Crippen molar-refractivity contribution in [2.45, 2.75) is 26.4 Å². The standard InChI is InChI=1S/C32H35N5O4/c1-22(2)29(32(39)40-3)35-30-26-14-7-8-15-27(26)33-28(34-30)21-36-16-18-37(19-17-36)31(38)23-10-9-13-25(20-23)41-24-11-5-4-6-12-24/h4-15,20,22,29H,16-19,21H2,1-3H3,(H,33,34,35)/t29-/m0/s1. The third-order valence-electron chi connectivity index (χ3n) is 7.15. The maximum absolute atomic E-state index is 13.3. The molecule has 5 rings (SSSR count). The van der Waals surface area contributed by atoms with Gasteiger partial charge in [-0.25, -0.2) is 14.8 Å². The summed E-state index contributed by atoms with van der Waals surface area (Å²) in [6.45, 7) is 7.05. The summed E-state index contributed by atoms with van der Waals surface area (Å²) in [5.74, 6) is 2.29. The number of piperazine rings is 1. The second-order valence-corrected chi connectivity index (χ2v) is 10.4. The number of fused-ring (bicyclic) bond motifs is 1. The van der Waals surface area contributed by atoms with Gasteiger partial charge in [-0.3, -0.25) is 9.69 Å². The Morgan fingerprint density at radius 2 is 1.59 bits per heavy atom. The first-order chi connectivity index (χ1) is 19.9. The number of carbonyl (C=O) groups is 2. The maximum atomic E-state index is 13.3. The van der Waals surface area contributed by atoms with Crippen molar-refractivity contribution in [1.82, 2.24) is 19.8 Å². The fourth-order valence-corrected chi connectivity index (χ4v) is 4.89. The molecule has 9 nitrogen and oxygen atoms in total. The van der Waals surface area contributed by atoms with Crippen LogP contribution < -0.4 is 10.1 Å². The van der Waals surface area contributed by atoms with Crippen LogP contribution in [0.2, 0.25) is 0 Å². The summed E-state index contributed by atoms with van der Waals surface area (Å²) in [6.07, 6.45) is 0. The number of aromatic nitrogens is 2. The molecule has 1 N–H and O–H groups in total. The van der Waals surface area contributed by atoms with Crippen LogP contribution in [0.4, 0.5) is 5.82 Å². The SMILES string of the molecule is COC(=O)[C@@H](Nc1nc(CN2CCN(C(=O)c3cccc(Oc4ccccc4)c3)CC2)nc2ccccc12)C(C)C. The van der Waals surface area contributed by atoms with Crippen LogP contribution >= 0.6 is 0 Å². The molecule has 0 saturated carbocycles. The van der Waals surface area contributed by atoms with Crippen molar-refractivity contribution in [2.75, 3.05) is 38.6 Å². The van der Waals surface area contributed by atoms with Gasteiger partial charge >= 0.3 is 5.97 Å². The van der Waals surface area contributed by atoms with E-state index in [4.69, 9.17) is 19.4 Å². The summed E-state index contributed by atoms with van der Waals surface area (Å²) in [5, 5.41) is 4.15. The van der Waals surface area contributed by atoms with Gasteiger partial charge in [-0.2, -0.15) is 0 Å². The highest BCUT2D eigenvalue weighted by molar-refractivity contribution is 5.94. The Hall–Kier alpha value is -4.50. The van der Waals surface area contributed by atoms with E-state index in [0.29, 0.717) is 55.7 Å². The zero-order chi connectivity index (χ0) is 28.8. The lowest BCUT2D eigenvalue weighted by atomic mass is 10.0. The van der Waals surface area contributed by atoms with E-state index >= 15 is 0 Å². The number of carbonyl (C=O) groups excluding carboxylic acids is 2. The largest absolute Gasteiger partial charge is 0.467 e. The summed E-state index contributed by atoms with van der Waals surface area (Å²) in [6, 6.07) is 24.1.